The van der Waals surface area contributed by atoms with Crippen LogP contribution < -0.4 is 5.73 Å². The second kappa shape index (κ2) is 6.79. The smallest absolute Gasteiger partial charge is 0.336 e. The number of carboxylic acid groups (broad SMARTS) is 1. The van der Waals surface area contributed by atoms with Gasteiger partial charge in [-0.1, -0.05) is 38.3 Å². The van der Waals surface area contributed by atoms with E-state index in [1.54, 1.807) is 12.1 Å². The highest BCUT2D eigenvalue weighted by Gasteiger charge is 2.17. The molecule has 0 aliphatic heterocycles. The van der Waals surface area contributed by atoms with Crippen molar-refractivity contribution in [3.63, 3.8) is 0 Å². The Hall–Kier alpha value is -1.84. The predicted molar refractivity (Wildman–Crippen MR) is 69.8 cm³/mol. The molecule has 0 heterocycles. The Morgan fingerprint density at radius 2 is 1.94 bits per heavy atom. The Morgan fingerprint density at radius 1 is 1.22 bits per heavy atom. The minimum Gasteiger partial charge on any atom is -0.478 e. The lowest BCUT2D eigenvalue weighted by atomic mass is 9.96. The van der Waals surface area contributed by atoms with Crippen LogP contribution in [0.15, 0.2) is 18.2 Å². The number of carbonyl (C=O) groups excluding carboxylic acids is 1. The maximum atomic E-state index is 11.2. The first-order valence-corrected chi connectivity index (χ1v) is 6.23. The van der Waals surface area contributed by atoms with Crippen LogP contribution in [0.3, 0.4) is 0 Å². The predicted octanol–water partition coefficient (Wildman–Crippen LogP) is 2.61. The summed E-state index contributed by atoms with van der Waals surface area (Å²) in [7, 11) is 0. The minimum absolute atomic E-state index is 0.0569. The molecule has 98 valence electrons. The fraction of sp³-hybridized carbons (Fsp3) is 0.429. The molecule has 1 aromatic rings. The highest BCUT2D eigenvalue weighted by atomic mass is 16.4. The van der Waals surface area contributed by atoms with Crippen LogP contribution in [-0.2, 0) is 6.42 Å². The van der Waals surface area contributed by atoms with Crippen molar-refractivity contribution in [3.05, 3.63) is 34.9 Å². The van der Waals surface area contributed by atoms with Crippen molar-refractivity contribution >= 4 is 11.9 Å². The van der Waals surface area contributed by atoms with Crippen molar-refractivity contribution in [1.29, 1.82) is 0 Å². The van der Waals surface area contributed by atoms with Crippen LogP contribution in [0, 0.1) is 0 Å². The van der Waals surface area contributed by atoms with Crippen LogP contribution in [0.5, 0.6) is 0 Å². The Kier molecular flexibility index (Phi) is 5.36. The van der Waals surface area contributed by atoms with Gasteiger partial charge in [0.05, 0.1) is 11.1 Å². The van der Waals surface area contributed by atoms with E-state index in [4.69, 9.17) is 5.73 Å². The summed E-state index contributed by atoms with van der Waals surface area (Å²) in [4.78, 5) is 22.4. The van der Waals surface area contributed by atoms with Gasteiger partial charge in [-0.3, -0.25) is 4.79 Å². The van der Waals surface area contributed by atoms with Gasteiger partial charge in [-0.05, 0) is 24.5 Å². The van der Waals surface area contributed by atoms with Crippen molar-refractivity contribution in [1.82, 2.24) is 0 Å². The molecule has 4 nitrogen and oxygen atoms in total. The van der Waals surface area contributed by atoms with E-state index in [0.717, 1.165) is 25.7 Å². The third kappa shape index (κ3) is 3.58. The number of unbranched alkanes of at least 4 members (excludes halogenated alkanes) is 3. The number of hydrogen-bond acceptors (Lipinski definition) is 2. The van der Waals surface area contributed by atoms with Gasteiger partial charge in [-0.25, -0.2) is 4.79 Å². The van der Waals surface area contributed by atoms with Gasteiger partial charge in [-0.2, -0.15) is 0 Å². The Balaban J connectivity index is 2.93. The van der Waals surface area contributed by atoms with Crippen LogP contribution in [-0.4, -0.2) is 17.0 Å². The molecule has 0 aromatic heterocycles. The molecule has 0 saturated carbocycles. The molecular weight excluding hydrogens is 230 g/mol. The molecule has 4 heteroatoms. The summed E-state index contributed by atoms with van der Waals surface area (Å²) in [6.45, 7) is 2.12. The monoisotopic (exact) mass is 249 g/mol. The Labute approximate surface area is 107 Å². The average Bonchev–Trinajstić information content (AvgIpc) is 2.33. The second-order valence-corrected chi connectivity index (χ2v) is 4.32. The standard InChI is InChI=1S/C14H19NO3/c1-2-3-4-5-7-10-8-6-9-11(13(15)16)12(10)14(17)18/h6,8-9H,2-5,7H2,1H3,(H2,15,16)(H,17,18). The zero-order chi connectivity index (χ0) is 13.5. The third-order valence-electron chi connectivity index (χ3n) is 2.93. The number of aromatic carboxylic acids is 1. The second-order valence-electron chi connectivity index (χ2n) is 4.32. The van der Waals surface area contributed by atoms with Crippen molar-refractivity contribution in [2.75, 3.05) is 0 Å². The van der Waals surface area contributed by atoms with Gasteiger partial charge in [0, 0.05) is 0 Å². The molecule has 1 rings (SSSR count). The molecule has 0 atom stereocenters. The molecule has 0 aliphatic carbocycles. The zero-order valence-corrected chi connectivity index (χ0v) is 10.6. The number of hydrogen-bond donors (Lipinski definition) is 2. The number of benzene rings is 1. The number of carbonyl (C=O) groups is 2. The Bertz CT molecular complexity index is 441. The van der Waals surface area contributed by atoms with Gasteiger partial charge in [0.1, 0.15) is 0 Å². The van der Waals surface area contributed by atoms with E-state index in [0.29, 0.717) is 12.0 Å². The molecule has 0 spiro atoms. The fourth-order valence-corrected chi connectivity index (χ4v) is 2.01. The van der Waals surface area contributed by atoms with E-state index >= 15 is 0 Å². The molecule has 3 N–H and O–H groups in total. The van der Waals surface area contributed by atoms with Crippen LogP contribution >= 0.6 is 0 Å². The molecule has 0 radical (unpaired) electrons. The van der Waals surface area contributed by atoms with Crippen LogP contribution in [0.4, 0.5) is 0 Å². The van der Waals surface area contributed by atoms with Gasteiger partial charge in [-0.15, -0.1) is 0 Å². The van der Waals surface area contributed by atoms with E-state index in [2.05, 4.69) is 6.92 Å². The molecule has 0 fully saturated rings. The van der Waals surface area contributed by atoms with Crippen molar-refractivity contribution in [2.45, 2.75) is 39.0 Å². The summed E-state index contributed by atoms with van der Waals surface area (Å²) in [5.74, 6) is -1.78. The normalized spacial score (nSPS) is 10.3. The maximum absolute atomic E-state index is 11.2. The quantitative estimate of drug-likeness (QED) is 0.729. The average molecular weight is 249 g/mol. The van der Waals surface area contributed by atoms with Gasteiger partial charge in [0.25, 0.3) is 0 Å². The number of primary amides is 1. The molecule has 0 bridgehead atoms. The molecule has 0 saturated heterocycles. The molecule has 1 amide bonds. The number of rotatable bonds is 7. The van der Waals surface area contributed by atoms with Crippen molar-refractivity contribution in [3.8, 4) is 0 Å². The van der Waals surface area contributed by atoms with E-state index in [9.17, 15) is 14.7 Å². The van der Waals surface area contributed by atoms with E-state index < -0.39 is 11.9 Å². The molecule has 1 aromatic carbocycles. The SMILES string of the molecule is CCCCCCc1cccc(C(N)=O)c1C(=O)O. The lowest BCUT2D eigenvalue weighted by molar-refractivity contribution is 0.0690. The van der Waals surface area contributed by atoms with Crippen LogP contribution in [0.2, 0.25) is 0 Å². The summed E-state index contributed by atoms with van der Waals surface area (Å²) in [5.41, 5.74) is 6.04. The van der Waals surface area contributed by atoms with Gasteiger partial charge in [0.2, 0.25) is 5.91 Å². The van der Waals surface area contributed by atoms with Crippen LogP contribution in [0.1, 0.15) is 58.9 Å². The molecule has 18 heavy (non-hydrogen) atoms. The number of amides is 1. The first-order chi connectivity index (χ1) is 8.57. The number of aryl methyl sites for hydroxylation is 1. The summed E-state index contributed by atoms with van der Waals surface area (Å²) in [5, 5.41) is 9.19. The lowest BCUT2D eigenvalue weighted by Gasteiger charge is -2.09. The summed E-state index contributed by atoms with van der Waals surface area (Å²) in [6, 6.07) is 4.89. The highest BCUT2D eigenvalue weighted by molar-refractivity contribution is 6.05. The molecule has 0 unspecified atom stereocenters. The largest absolute Gasteiger partial charge is 0.478 e. The van der Waals surface area contributed by atoms with E-state index in [1.165, 1.54) is 6.07 Å². The molecule has 0 aliphatic rings. The summed E-state index contributed by atoms with van der Waals surface area (Å²) < 4.78 is 0. The lowest BCUT2D eigenvalue weighted by Crippen LogP contribution is -2.18. The topological polar surface area (TPSA) is 80.4 Å². The van der Waals surface area contributed by atoms with Crippen molar-refractivity contribution in [2.24, 2.45) is 5.73 Å². The highest BCUT2D eigenvalue weighted by Crippen LogP contribution is 2.18. The van der Waals surface area contributed by atoms with Crippen LogP contribution in [0.25, 0.3) is 0 Å². The van der Waals surface area contributed by atoms with Gasteiger partial charge >= 0.3 is 5.97 Å². The minimum atomic E-state index is -1.09. The maximum Gasteiger partial charge on any atom is 0.336 e. The summed E-state index contributed by atoms with van der Waals surface area (Å²) >= 11 is 0. The first-order valence-electron chi connectivity index (χ1n) is 6.23. The third-order valence-corrected chi connectivity index (χ3v) is 2.93. The first kappa shape index (κ1) is 14.2. The number of carboxylic acids is 1. The Morgan fingerprint density at radius 3 is 2.50 bits per heavy atom. The fourth-order valence-electron chi connectivity index (χ4n) is 2.01. The zero-order valence-electron chi connectivity index (χ0n) is 10.6. The van der Waals surface area contributed by atoms with E-state index in [-0.39, 0.29) is 11.1 Å². The van der Waals surface area contributed by atoms with Gasteiger partial charge < -0.3 is 10.8 Å². The number of nitrogens with two attached hydrogens (primary N) is 1. The molecular formula is C14H19NO3. The summed E-state index contributed by atoms with van der Waals surface area (Å²) in [6.07, 6.45) is 4.93. The van der Waals surface area contributed by atoms with Crippen molar-refractivity contribution < 1.29 is 14.7 Å². The van der Waals surface area contributed by atoms with E-state index in [1.807, 2.05) is 0 Å². The van der Waals surface area contributed by atoms with Gasteiger partial charge in [0.15, 0.2) is 0 Å².